The first-order valence-corrected chi connectivity index (χ1v) is 5.20. The normalized spacial score (nSPS) is 9.69. The van der Waals surface area contributed by atoms with Gasteiger partial charge >= 0.3 is 0 Å². The highest BCUT2D eigenvalue weighted by Crippen LogP contribution is 2.16. The second-order valence-electron chi connectivity index (χ2n) is 3.48. The van der Waals surface area contributed by atoms with Gasteiger partial charge in [-0.2, -0.15) is 0 Å². The van der Waals surface area contributed by atoms with Crippen LogP contribution in [0.1, 0.15) is 18.1 Å². The summed E-state index contributed by atoms with van der Waals surface area (Å²) in [7, 11) is 1.94. The fourth-order valence-corrected chi connectivity index (χ4v) is 1.48. The summed E-state index contributed by atoms with van der Waals surface area (Å²) in [4.78, 5) is 16.3. The number of pyridine rings is 1. The maximum absolute atomic E-state index is 8.81. The molecule has 0 saturated carbocycles. The van der Waals surface area contributed by atoms with Gasteiger partial charge in [0.15, 0.2) is 0 Å². The third-order valence-electron chi connectivity index (χ3n) is 2.18. The molecule has 0 aliphatic carbocycles. The van der Waals surface area contributed by atoms with Gasteiger partial charge in [-0.05, 0) is 38.1 Å². The van der Waals surface area contributed by atoms with Crippen molar-refractivity contribution in [1.82, 2.24) is 15.3 Å². The summed E-state index contributed by atoms with van der Waals surface area (Å²) in [6.45, 7) is 4.40. The molecule has 0 aromatic carbocycles. The highest BCUT2D eigenvalue weighted by atomic mass is 16.1. The SMILES string of the molecule is CC=O.CNCc1cnc2[nH]cc(C)c2c1. The number of fused-ring (bicyclic) bond motifs is 1. The number of hydrogen-bond donors (Lipinski definition) is 2. The van der Waals surface area contributed by atoms with E-state index in [1.165, 1.54) is 23.4 Å². The Bertz CT molecular complexity index is 462. The molecule has 0 radical (unpaired) electrons. The molecule has 0 saturated heterocycles. The van der Waals surface area contributed by atoms with Crippen molar-refractivity contribution in [1.29, 1.82) is 0 Å². The molecule has 2 rings (SSSR count). The van der Waals surface area contributed by atoms with Crippen LogP contribution in [0.15, 0.2) is 18.5 Å². The summed E-state index contributed by atoms with van der Waals surface area (Å²) >= 11 is 0. The van der Waals surface area contributed by atoms with Gasteiger partial charge in [0.05, 0.1) is 0 Å². The number of H-pyrrole nitrogens is 1. The maximum Gasteiger partial charge on any atom is 0.137 e. The molecule has 4 nitrogen and oxygen atoms in total. The first-order chi connectivity index (χ1) is 7.72. The molecule has 0 amide bonds. The van der Waals surface area contributed by atoms with Crippen molar-refractivity contribution in [3.05, 3.63) is 29.6 Å². The van der Waals surface area contributed by atoms with Gasteiger partial charge in [0.2, 0.25) is 0 Å². The van der Waals surface area contributed by atoms with Gasteiger partial charge < -0.3 is 15.1 Å². The Morgan fingerprint density at radius 2 is 2.25 bits per heavy atom. The van der Waals surface area contributed by atoms with Gasteiger partial charge in [-0.25, -0.2) is 4.98 Å². The third-order valence-corrected chi connectivity index (χ3v) is 2.18. The molecule has 16 heavy (non-hydrogen) atoms. The lowest BCUT2D eigenvalue weighted by Crippen LogP contribution is -2.05. The summed E-state index contributed by atoms with van der Waals surface area (Å²) in [5, 5.41) is 4.33. The number of carbonyl (C=O) groups excluding carboxylic acids is 1. The van der Waals surface area contributed by atoms with Crippen molar-refractivity contribution >= 4 is 17.3 Å². The van der Waals surface area contributed by atoms with Crippen LogP contribution in [-0.4, -0.2) is 23.3 Å². The number of carbonyl (C=O) groups is 1. The summed E-state index contributed by atoms with van der Waals surface area (Å²) in [6.07, 6.45) is 4.63. The third kappa shape index (κ3) is 2.90. The summed E-state index contributed by atoms with van der Waals surface area (Å²) in [6, 6.07) is 2.17. The molecule has 2 heterocycles. The Morgan fingerprint density at radius 1 is 1.56 bits per heavy atom. The van der Waals surface area contributed by atoms with Crippen molar-refractivity contribution in [2.75, 3.05) is 7.05 Å². The van der Waals surface area contributed by atoms with E-state index in [2.05, 4.69) is 28.3 Å². The van der Waals surface area contributed by atoms with Crippen molar-refractivity contribution in [3.8, 4) is 0 Å². The van der Waals surface area contributed by atoms with Crippen molar-refractivity contribution in [2.24, 2.45) is 0 Å². The number of rotatable bonds is 2. The average molecular weight is 219 g/mol. The van der Waals surface area contributed by atoms with Gasteiger partial charge in [0.25, 0.3) is 0 Å². The van der Waals surface area contributed by atoms with Crippen LogP contribution in [0.5, 0.6) is 0 Å². The van der Waals surface area contributed by atoms with Crippen molar-refractivity contribution < 1.29 is 4.79 Å². The van der Waals surface area contributed by atoms with Crippen LogP contribution in [0.2, 0.25) is 0 Å². The van der Waals surface area contributed by atoms with Gasteiger partial charge in [-0.3, -0.25) is 0 Å². The maximum atomic E-state index is 8.81. The van der Waals surface area contributed by atoms with E-state index in [0.717, 1.165) is 18.5 Å². The van der Waals surface area contributed by atoms with E-state index in [9.17, 15) is 0 Å². The predicted octanol–water partition coefficient (Wildman–Crippen LogP) is 1.80. The first-order valence-electron chi connectivity index (χ1n) is 5.20. The zero-order valence-corrected chi connectivity index (χ0v) is 9.87. The topological polar surface area (TPSA) is 57.8 Å². The Morgan fingerprint density at radius 3 is 2.88 bits per heavy atom. The number of nitrogens with zero attached hydrogens (tertiary/aromatic N) is 1. The van der Waals surface area contributed by atoms with Crippen molar-refractivity contribution in [2.45, 2.75) is 20.4 Å². The quantitative estimate of drug-likeness (QED) is 0.757. The zero-order valence-electron chi connectivity index (χ0n) is 9.87. The molecule has 0 unspecified atom stereocenters. The van der Waals surface area contributed by atoms with Crippen LogP contribution < -0.4 is 5.32 Å². The lowest BCUT2D eigenvalue weighted by Gasteiger charge is -1.99. The molecule has 0 aliphatic heterocycles. The molecule has 86 valence electrons. The molecular weight excluding hydrogens is 202 g/mol. The number of aryl methyl sites for hydroxylation is 1. The highest BCUT2D eigenvalue weighted by Gasteiger charge is 2.01. The molecule has 0 fully saturated rings. The van der Waals surface area contributed by atoms with Crippen molar-refractivity contribution in [3.63, 3.8) is 0 Å². The summed E-state index contributed by atoms with van der Waals surface area (Å²) in [5.74, 6) is 0. The minimum atomic E-state index is 0.750. The molecular formula is C12H17N3O. The molecule has 4 heteroatoms. The molecule has 0 spiro atoms. The molecule has 0 bridgehead atoms. The zero-order chi connectivity index (χ0) is 12.0. The molecule has 0 atom stereocenters. The Labute approximate surface area is 95.1 Å². The van der Waals surface area contributed by atoms with Gasteiger partial charge in [0, 0.05) is 24.3 Å². The minimum Gasteiger partial charge on any atom is -0.346 e. The number of aldehydes is 1. The lowest BCUT2D eigenvalue weighted by molar-refractivity contribution is -0.106. The second kappa shape index (κ2) is 6.02. The Balaban J connectivity index is 0.000000386. The second-order valence-corrected chi connectivity index (χ2v) is 3.48. The van der Waals surface area contributed by atoms with Gasteiger partial charge in [0.1, 0.15) is 11.9 Å². The van der Waals surface area contributed by atoms with Crippen LogP contribution in [0.4, 0.5) is 0 Å². The number of aromatic nitrogens is 2. The van der Waals surface area contributed by atoms with Crippen LogP contribution in [0.3, 0.4) is 0 Å². The van der Waals surface area contributed by atoms with Gasteiger partial charge in [-0.1, -0.05) is 0 Å². The minimum absolute atomic E-state index is 0.750. The van der Waals surface area contributed by atoms with E-state index in [0.29, 0.717) is 0 Å². The molecule has 0 aliphatic rings. The molecule has 2 N–H and O–H groups in total. The fourth-order valence-electron chi connectivity index (χ4n) is 1.48. The molecule has 2 aromatic rings. The van der Waals surface area contributed by atoms with Crippen LogP contribution in [-0.2, 0) is 11.3 Å². The monoisotopic (exact) mass is 219 g/mol. The van der Waals surface area contributed by atoms with Crippen LogP contribution in [0, 0.1) is 6.92 Å². The smallest absolute Gasteiger partial charge is 0.137 e. The summed E-state index contributed by atoms with van der Waals surface area (Å²) in [5.41, 5.74) is 3.44. The lowest BCUT2D eigenvalue weighted by atomic mass is 10.2. The number of hydrogen-bond acceptors (Lipinski definition) is 3. The van der Waals surface area contributed by atoms with E-state index >= 15 is 0 Å². The van der Waals surface area contributed by atoms with E-state index < -0.39 is 0 Å². The van der Waals surface area contributed by atoms with E-state index in [4.69, 9.17) is 4.79 Å². The summed E-state index contributed by atoms with van der Waals surface area (Å²) < 4.78 is 0. The van der Waals surface area contributed by atoms with Gasteiger partial charge in [-0.15, -0.1) is 0 Å². The average Bonchev–Trinajstić information content (AvgIpc) is 2.62. The number of nitrogens with one attached hydrogen (secondary N) is 2. The van der Waals surface area contributed by atoms with Crippen LogP contribution >= 0.6 is 0 Å². The standard InChI is InChI=1S/C10H13N3.C2H4O/c1-7-4-12-10-9(7)3-8(5-11-2)6-13-10;1-2-3/h3-4,6,11H,5H2,1-2H3,(H,12,13);2H,1H3. The van der Waals surface area contributed by atoms with E-state index in [1.807, 2.05) is 19.4 Å². The Kier molecular flexibility index (Phi) is 4.66. The fraction of sp³-hybridized carbons (Fsp3) is 0.333. The largest absolute Gasteiger partial charge is 0.346 e. The number of aromatic amines is 1. The first kappa shape index (κ1) is 12.4. The Hall–Kier alpha value is -1.68. The predicted molar refractivity (Wildman–Crippen MR) is 65.3 cm³/mol. The highest BCUT2D eigenvalue weighted by molar-refractivity contribution is 5.79. The van der Waals surface area contributed by atoms with Crippen LogP contribution in [0.25, 0.3) is 11.0 Å². The van der Waals surface area contributed by atoms with E-state index in [-0.39, 0.29) is 0 Å². The molecule has 2 aromatic heterocycles. The van der Waals surface area contributed by atoms with E-state index in [1.54, 1.807) is 0 Å².